The molecule has 0 saturated heterocycles. The number of carbonyl (C=O) groups is 1. The number of halogens is 3. The Morgan fingerprint density at radius 3 is 2.76 bits per heavy atom. The van der Waals surface area contributed by atoms with E-state index in [1.807, 2.05) is 6.07 Å². The van der Waals surface area contributed by atoms with Crippen molar-refractivity contribution in [3.05, 3.63) is 24.2 Å². The number of ether oxygens (including phenoxy) is 1. The summed E-state index contributed by atoms with van der Waals surface area (Å²) < 4.78 is 47.2. The number of alkyl halides is 3. The molecule has 0 aliphatic rings. The average molecular weight is 364 g/mol. The topological polar surface area (TPSA) is 79.1 Å². The second-order valence-corrected chi connectivity index (χ2v) is 5.20. The van der Waals surface area contributed by atoms with Crippen LogP contribution in [0.4, 0.5) is 13.2 Å². The molecule has 0 atom stereocenters. The number of furan rings is 1. The number of nitrogens with zero attached hydrogens (tertiary/aromatic N) is 2. The summed E-state index contributed by atoms with van der Waals surface area (Å²) in [5.41, 5.74) is 0. The predicted octanol–water partition coefficient (Wildman–Crippen LogP) is 1.37. The highest BCUT2D eigenvalue weighted by Crippen LogP contribution is 2.15. The molecule has 25 heavy (non-hydrogen) atoms. The third-order valence-corrected chi connectivity index (χ3v) is 3.06. The summed E-state index contributed by atoms with van der Waals surface area (Å²) in [4.78, 5) is 16.1. The van der Waals surface area contributed by atoms with E-state index < -0.39 is 18.6 Å². The molecule has 1 aromatic rings. The van der Waals surface area contributed by atoms with E-state index in [0.29, 0.717) is 37.0 Å². The summed E-state index contributed by atoms with van der Waals surface area (Å²) in [6.45, 7) is -0.143. The van der Waals surface area contributed by atoms with Crippen molar-refractivity contribution in [1.29, 1.82) is 0 Å². The number of rotatable bonds is 9. The fourth-order valence-corrected chi connectivity index (χ4v) is 1.82. The third kappa shape index (κ3) is 9.60. The number of guanidine groups is 1. The van der Waals surface area contributed by atoms with Crippen molar-refractivity contribution in [3.8, 4) is 0 Å². The maximum absolute atomic E-state index is 12.2. The zero-order chi connectivity index (χ0) is 18.7. The lowest BCUT2D eigenvalue weighted by molar-refractivity contribution is -0.157. The molecule has 7 nitrogen and oxygen atoms in total. The largest absolute Gasteiger partial charge is 0.467 e. The smallest absolute Gasteiger partial charge is 0.406 e. The normalized spacial score (nSPS) is 12.1. The van der Waals surface area contributed by atoms with Gasteiger partial charge in [0.1, 0.15) is 18.9 Å². The average Bonchev–Trinajstić information content (AvgIpc) is 3.04. The van der Waals surface area contributed by atoms with Crippen molar-refractivity contribution < 1.29 is 27.1 Å². The van der Waals surface area contributed by atoms with Crippen LogP contribution in [-0.4, -0.2) is 63.3 Å². The highest BCUT2D eigenvalue weighted by atomic mass is 19.4. The van der Waals surface area contributed by atoms with Crippen LogP contribution in [0.1, 0.15) is 12.2 Å². The first kappa shape index (κ1) is 20.8. The van der Waals surface area contributed by atoms with Crippen molar-refractivity contribution in [3.63, 3.8) is 0 Å². The van der Waals surface area contributed by atoms with Gasteiger partial charge in [0, 0.05) is 27.2 Å². The molecule has 1 aromatic heterocycles. The molecule has 0 saturated carbocycles. The van der Waals surface area contributed by atoms with Crippen LogP contribution in [0.15, 0.2) is 27.8 Å². The van der Waals surface area contributed by atoms with Crippen LogP contribution in [-0.2, 0) is 16.1 Å². The number of amides is 1. The van der Waals surface area contributed by atoms with Gasteiger partial charge in [-0.1, -0.05) is 0 Å². The van der Waals surface area contributed by atoms with Crippen molar-refractivity contribution in [2.75, 3.05) is 40.3 Å². The Hall–Kier alpha value is -2.23. The molecule has 0 spiro atoms. The Bertz CT molecular complexity index is 533. The number of hydrogen-bond acceptors (Lipinski definition) is 4. The predicted molar refractivity (Wildman–Crippen MR) is 86.0 cm³/mol. The minimum Gasteiger partial charge on any atom is -0.467 e. The molecule has 1 heterocycles. The summed E-state index contributed by atoms with van der Waals surface area (Å²) in [7, 11) is 2.61. The number of aliphatic imine (C=N–C) groups is 1. The van der Waals surface area contributed by atoms with Crippen LogP contribution in [0.3, 0.4) is 0 Å². The van der Waals surface area contributed by atoms with E-state index in [1.165, 1.54) is 7.05 Å². The fraction of sp³-hybridized carbons (Fsp3) is 0.600. The van der Waals surface area contributed by atoms with Gasteiger partial charge in [0.15, 0.2) is 5.96 Å². The van der Waals surface area contributed by atoms with Crippen molar-refractivity contribution in [2.24, 2.45) is 4.99 Å². The number of hydrogen-bond donors (Lipinski definition) is 2. The van der Waals surface area contributed by atoms with Crippen LogP contribution < -0.4 is 10.6 Å². The molecule has 10 heteroatoms. The molecule has 0 aliphatic heterocycles. The summed E-state index contributed by atoms with van der Waals surface area (Å²) in [6, 6.07) is 3.60. The highest BCUT2D eigenvalue weighted by molar-refractivity contribution is 5.86. The van der Waals surface area contributed by atoms with Crippen LogP contribution in [0, 0.1) is 0 Å². The van der Waals surface area contributed by atoms with Gasteiger partial charge in [0.05, 0.1) is 12.8 Å². The zero-order valence-corrected chi connectivity index (χ0v) is 14.2. The molecular weight excluding hydrogens is 341 g/mol. The molecule has 0 aromatic carbocycles. The van der Waals surface area contributed by atoms with Crippen LogP contribution >= 0.6 is 0 Å². The van der Waals surface area contributed by atoms with Crippen LogP contribution in [0.2, 0.25) is 0 Å². The lowest BCUT2D eigenvalue weighted by Crippen LogP contribution is -2.45. The Labute approximate surface area is 144 Å². The van der Waals surface area contributed by atoms with Crippen molar-refractivity contribution in [1.82, 2.24) is 15.5 Å². The van der Waals surface area contributed by atoms with E-state index >= 15 is 0 Å². The Balaban J connectivity index is 2.14. The molecule has 0 bridgehead atoms. The minimum atomic E-state index is -4.42. The first-order chi connectivity index (χ1) is 11.8. The summed E-state index contributed by atoms with van der Waals surface area (Å²) >= 11 is 0. The van der Waals surface area contributed by atoms with Crippen LogP contribution in [0.5, 0.6) is 0 Å². The number of likely N-dealkylation sites (N-methyl/N-ethyl adjacent to an activating group) is 1. The van der Waals surface area contributed by atoms with E-state index in [2.05, 4.69) is 15.6 Å². The molecule has 0 aliphatic carbocycles. The molecule has 0 fully saturated rings. The lowest BCUT2D eigenvalue weighted by Gasteiger charge is -2.20. The Morgan fingerprint density at radius 2 is 2.16 bits per heavy atom. The van der Waals surface area contributed by atoms with Crippen LogP contribution in [0.25, 0.3) is 0 Å². The van der Waals surface area contributed by atoms with E-state index in [4.69, 9.17) is 9.15 Å². The first-order valence-electron chi connectivity index (χ1n) is 7.67. The number of nitrogens with one attached hydrogen (secondary N) is 2. The molecule has 0 radical (unpaired) electrons. The Morgan fingerprint density at radius 1 is 1.40 bits per heavy atom. The highest BCUT2D eigenvalue weighted by Gasteiger charge is 2.31. The SMILES string of the molecule is CN=C(NCCCOCc1ccco1)NCC(=O)N(C)CC(F)(F)F. The van der Waals surface area contributed by atoms with Gasteiger partial charge in [-0.2, -0.15) is 13.2 Å². The van der Waals surface area contributed by atoms with Gasteiger partial charge in [-0.15, -0.1) is 0 Å². The van der Waals surface area contributed by atoms with Gasteiger partial charge >= 0.3 is 6.18 Å². The van der Waals surface area contributed by atoms with Crippen molar-refractivity contribution >= 4 is 11.9 Å². The zero-order valence-electron chi connectivity index (χ0n) is 14.2. The summed E-state index contributed by atoms with van der Waals surface area (Å²) in [6.07, 6.45) is -2.16. The summed E-state index contributed by atoms with van der Waals surface area (Å²) in [5.74, 6) is 0.397. The number of carbonyl (C=O) groups excluding carboxylic acids is 1. The Kier molecular flexibility index (Phi) is 8.82. The van der Waals surface area contributed by atoms with Crippen molar-refractivity contribution in [2.45, 2.75) is 19.2 Å². The maximum atomic E-state index is 12.2. The molecule has 142 valence electrons. The summed E-state index contributed by atoms with van der Waals surface area (Å²) in [5, 5.41) is 5.62. The molecule has 2 N–H and O–H groups in total. The fourth-order valence-electron chi connectivity index (χ4n) is 1.82. The molecule has 1 rings (SSSR count). The van der Waals surface area contributed by atoms with E-state index in [9.17, 15) is 18.0 Å². The second-order valence-electron chi connectivity index (χ2n) is 5.20. The van der Waals surface area contributed by atoms with E-state index in [-0.39, 0.29) is 6.54 Å². The molecular formula is C15H23F3N4O3. The monoisotopic (exact) mass is 364 g/mol. The van der Waals surface area contributed by atoms with Gasteiger partial charge < -0.3 is 24.7 Å². The third-order valence-electron chi connectivity index (χ3n) is 3.06. The van der Waals surface area contributed by atoms with Gasteiger partial charge in [0.2, 0.25) is 5.91 Å². The van der Waals surface area contributed by atoms with Gasteiger partial charge in [-0.05, 0) is 18.6 Å². The van der Waals surface area contributed by atoms with Gasteiger partial charge in [-0.3, -0.25) is 9.79 Å². The van der Waals surface area contributed by atoms with Gasteiger partial charge in [0.25, 0.3) is 0 Å². The second kappa shape index (κ2) is 10.6. The maximum Gasteiger partial charge on any atom is 0.406 e. The van der Waals surface area contributed by atoms with E-state index in [0.717, 1.165) is 12.8 Å². The molecule has 1 amide bonds. The lowest BCUT2D eigenvalue weighted by atomic mass is 10.4. The van der Waals surface area contributed by atoms with Gasteiger partial charge in [-0.25, -0.2) is 0 Å². The quantitative estimate of drug-likeness (QED) is 0.393. The minimum absolute atomic E-state index is 0.277. The standard InChI is InChI=1S/C15H23F3N4O3/c1-19-14(21-9-13(23)22(2)11-15(16,17)18)20-6-4-7-24-10-12-5-3-8-25-12/h3,5,8H,4,6-7,9-11H2,1-2H3,(H2,19,20,21). The molecule has 0 unspecified atom stereocenters. The van der Waals surface area contributed by atoms with E-state index in [1.54, 1.807) is 12.3 Å². The first-order valence-corrected chi connectivity index (χ1v) is 7.67.